The van der Waals surface area contributed by atoms with Crippen LogP contribution in [0.15, 0.2) is 48.5 Å². The van der Waals surface area contributed by atoms with E-state index in [-0.39, 0.29) is 18.4 Å². The van der Waals surface area contributed by atoms with Gasteiger partial charge in [0, 0.05) is 10.6 Å². The van der Waals surface area contributed by atoms with Gasteiger partial charge in [0.15, 0.2) is 0 Å². The molecule has 0 atom stereocenters. The molecule has 0 unspecified atom stereocenters. The molecule has 0 saturated carbocycles. The molecule has 2 rings (SSSR count). The Bertz CT molecular complexity index is 671. The maximum Gasteiger partial charge on any atom is 0.325 e. The van der Waals surface area contributed by atoms with Crippen LogP contribution in [-0.2, 0) is 9.53 Å². The number of anilines is 2. The number of carbonyl (C=O) groups is 2. The summed E-state index contributed by atoms with van der Waals surface area (Å²) in [6, 6.07) is 13.7. The molecule has 0 spiro atoms. The molecule has 0 aliphatic carbocycles. The molecule has 22 heavy (non-hydrogen) atoms. The van der Waals surface area contributed by atoms with Crippen LogP contribution in [-0.4, -0.2) is 25.5 Å². The molecule has 0 fully saturated rings. The van der Waals surface area contributed by atoms with Gasteiger partial charge in [-0.15, -0.1) is 0 Å². The zero-order chi connectivity index (χ0) is 15.9. The predicted molar refractivity (Wildman–Crippen MR) is 86.4 cm³/mol. The Morgan fingerprint density at radius 3 is 2.32 bits per heavy atom. The first kappa shape index (κ1) is 15.9. The van der Waals surface area contributed by atoms with Crippen molar-refractivity contribution in [2.75, 3.05) is 24.3 Å². The molecule has 6 heteroatoms. The lowest BCUT2D eigenvalue weighted by Gasteiger charge is -2.12. The topological polar surface area (TPSA) is 67.4 Å². The molecule has 114 valence electrons. The molecule has 1 amide bonds. The average molecular weight is 319 g/mol. The second-order valence-corrected chi connectivity index (χ2v) is 4.87. The van der Waals surface area contributed by atoms with Gasteiger partial charge in [-0.05, 0) is 36.4 Å². The van der Waals surface area contributed by atoms with Crippen LogP contribution in [0.2, 0.25) is 5.02 Å². The van der Waals surface area contributed by atoms with Crippen molar-refractivity contribution in [3.05, 3.63) is 59.1 Å². The summed E-state index contributed by atoms with van der Waals surface area (Å²) >= 11 is 5.80. The summed E-state index contributed by atoms with van der Waals surface area (Å²) in [7, 11) is 1.32. The van der Waals surface area contributed by atoms with Gasteiger partial charge in [-0.2, -0.15) is 0 Å². The molecular weight excluding hydrogens is 304 g/mol. The van der Waals surface area contributed by atoms with Gasteiger partial charge < -0.3 is 15.4 Å². The highest BCUT2D eigenvalue weighted by Crippen LogP contribution is 2.21. The SMILES string of the molecule is COC(=O)CNc1ccccc1NC(=O)c1ccc(Cl)cc1. The van der Waals surface area contributed by atoms with Crippen molar-refractivity contribution in [1.82, 2.24) is 0 Å². The van der Waals surface area contributed by atoms with Crippen LogP contribution in [0.25, 0.3) is 0 Å². The molecule has 5 nitrogen and oxygen atoms in total. The second-order valence-electron chi connectivity index (χ2n) is 4.44. The van der Waals surface area contributed by atoms with E-state index >= 15 is 0 Å². The van der Waals surface area contributed by atoms with E-state index in [1.807, 2.05) is 0 Å². The van der Waals surface area contributed by atoms with Crippen LogP contribution in [0.5, 0.6) is 0 Å². The van der Waals surface area contributed by atoms with Crippen LogP contribution in [0.3, 0.4) is 0 Å². The molecule has 2 aromatic rings. The zero-order valence-electron chi connectivity index (χ0n) is 11.9. The minimum Gasteiger partial charge on any atom is -0.468 e. The Hall–Kier alpha value is -2.53. The van der Waals surface area contributed by atoms with Gasteiger partial charge in [-0.1, -0.05) is 23.7 Å². The average Bonchev–Trinajstić information content (AvgIpc) is 2.54. The van der Waals surface area contributed by atoms with Crippen molar-refractivity contribution in [3.8, 4) is 0 Å². The van der Waals surface area contributed by atoms with E-state index in [2.05, 4.69) is 15.4 Å². The lowest BCUT2D eigenvalue weighted by Crippen LogP contribution is -2.17. The predicted octanol–water partition coefficient (Wildman–Crippen LogP) is 3.18. The normalized spacial score (nSPS) is 9.91. The summed E-state index contributed by atoms with van der Waals surface area (Å²) in [5.74, 6) is -0.650. The van der Waals surface area contributed by atoms with Crippen molar-refractivity contribution in [3.63, 3.8) is 0 Å². The molecule has 0 heterocycles. The van der Waals surface area contributed by atoms with Gasteiger partial charge >= 0.3 is 5.97 Å². The number of carbonyl (C=O) groups excluding carboxylic acids is 2. The third kappa shape index (κ3) is 4.23. The summed E-state index contributed by atoms with van der Waals surface area (Å²) in [6.07, 6.45) is 0. The Morgan fingerprint density at radius 2 is 1.68 bits per heavy atom. The van der Waals surface area contributed by atoms with Crippen LogP contribution in [0.1, 0.15) is 10.4 Å². The van der Waals surface area contributed by atoms with E-state index < -0.39 is 0 Å². The van der Waals surface area contributed by atoms with Crippen molar-refractivity contribution in [2.24, 2.45) is 0 Å². The Kier molecular flexibility index (Phi) is 5.38. The Morgan fingerprint density at radius 1 is 1.05 bits per heavy atom. The van der Waals surface area contributed by atoms with Crippen molar-refractivity contribution in [2.45, 2.75) is 0 Å². The number of nitrogens with one attached hydrogen (secondary N) is 2. The van der Waals surface area contributed by atoms with Gasteiger partial charge in [0.25, 0.3) is 5.91 Å². The fourth-order valence-corrected chi connectivity index (χ4v) is 1.91. The van der Waals surface area contributed by atoms with Crippen LogP contribution in [0.4, 0.5) is 11.4 Å². The lowest BCUT2D eigenvalue weighted by atomic mass is 10.2. The third-order valence-electron chi connectivity index (χ3n) is 2.93. The van der Waals surface area contributed by atoms with Crippen LogP contribution >= 0.6 is 11.6 Å². The second kappa shape index (κ2) is 7.47. The highest BCUT2D eigenvalue weighted by molar-refractivity contribution is 6.30. The molecule has 0 saturated heterocycles. The van der Waals surface area contributed by atoms with Gasteiger partial charge in [0.05, 0.1) is 18.5 Å². The standard InChI is InChI=1S/C16H15ClN2O3/c1-22-15(20)10-18-13-4-2-3-5-14(13)19-16(21)11-6-8-12(17)9-7-11/h2-9,18H,10H2,1H3,(H,19,21). The first-order valence-corrected chi connectivity index (χ1v) is 6.94. The maximum absolute atomic E-state index is 12.2. The monoisotopic (exact) mass is 318 g/mol. The number of rotatable bonds is 5. The number of halogens is 1. The summed E-state index contributed by atoms with van der Waals surface area (Å²) < 4.78 is 4.57. The number of methoxy groups -OCH3 is 1. The molecule has 2 aromatic carbocycles. The number of benzene rings is 2. The summed E-state index contributed by atoms with van der Waals surface area (Å²) in [5.41, 5.74) is 1.70. The largest absolute Gasteiger partial charge is 0.468 e. The van der Waals surface area contributed by atoms with E-state index in [0.29, 0.717) is 22.0 Å². The van der Waals surface area contributed by atoms with Crippen LogP contribution in [0, 0.1) is 0 Å². The zero-order valence-corrected chi connectivity index (χ0v) is 12.7. The van der Waals surface area contributed by atoms with E-state index in [4.69, 9.17) is 11.6 Å². The molecule has 0 radical (unpaired) electrons. The van der Waals surface area contributed by atoms with Gasteiger partial charge in [0.2, 0.25) is 0 Å². The molecule has 0 aliphatic heterocycles. The maximum atomic E-state index is 12.2. The smallest absolute Gasteiger partial charge is 0.325 e. The molecular formula is C16H15ClN2O3. The molecule has 0 aliphatic rings. The van der Waals surface area contributed by atoms with Gasteiger partial charge in [-0.3, -0.25) is 9.59 Å². The summed E-state index contributed by atoms with van der Waals surface area (Å²) in [6.45, 7) is 0.0182. The molecule has 0 bridgehead atoms. The molecule has 2 N–H and O–H groups in total. The molecule has 0 aromatic heterocycles. The third-order valence-corrected chi connectivity index (χ3v) is 3.18. The lowest BCUT2D eigenvalue weighted by molar-refractivity contribution is -0.138. The van der Waals surface area contributed by atoms with E-state index in [1.54, 1.807) is 48.5 Å². The van der Waals surface area contributed by atoms with Crippen molar-refractivity contribution >= 4 is 34.9 Å². The van der Waals surface area contributed by atoms with Gasteiger partial charge in [-0.25, -0.2) is 0 Å². The minimum atomic E-state index is -0.390. The number of hydrogen-bond acceptors (Lipinski definition) is 4. The number of esters is 1. The highest BCUT2D eigenvalue weighted by Gasteiger charge is 2.09. The Balaban J connectivity index is 2.10. The summed E-state index contributed by atoms with van der Waals surface area (Å²) in [4.78, 5) is 23.4. The number of hydrogen-bond donors (Lipinski definition) is 2. The first-order valence-electron chi connectivity index (χ1n) is 6.57. The van der Waals surface area contributed by atoms with E-state index in [1.165, 1.54) is 7.11 Å². The number of para-hydroxylation sites is 2. The highest BCUT2D eigenvalue weighted by atomic mass is 35.5. The van der Waals surface area contributed by atoms with Gasteiger partial charge in [0.1, 0.15) is 6.54 Å². The quantitative estimate of drug-likeness (QED) is 0.831. The first-order chi connectivity index (χ1) is 10.6. The summed E-state index contributed by atoms with van der Waals surface area (Å²) in [5, 5.41) is 6.28. The number of amides is 1. The van der Waals surface area contributed by atoms with E-state index in [9.17, 15) is 9.59 Å². The van der Waals surface area contributed by atoms with Crippen molar-refractivity contribution < 1.29 is 14.3 Å². The minimum absolute atomic E-state index is 0.0182. The van der Waals surface area contributed by atoms with E-state index in [0.717, 1.165) is 0 Å². The fourth-order valence-electron chi connectivity index (χ4n) is 1.78. The van der Waals surface area contributed by atoms with Crippen molar-refractivity contribution in [1.29, 1.82) is 0 Å². The van der Waals surface area contributed by atoms with Crippen LogP contribution < -0.4 is 10.6 Å². The Labute approximate surface area is 133 Å². The number of ether oxygens (including phenoxy) is 1. The fraction of sp³-hybridized carbons (Fsp3) is 0.125.